The summed E-state index contributed by atoms with van der Waals surface area (Å²) in [5.41, 5.74) is 3.38. The Kier molecular flexibility index (Phi) is 7.82. The zero-order valence-electron chi connectivity index (χ0n) is 20.1. The number of hydrogen-bond acceptors (Lipinski definition) is 6. The largest absolute Gasteiger partial charge is 0.487 e. The van der Waals surface area contributed by atoms with Gasteiger partial charge in [-0.25, -0.2) is 9.59 Å². The second-order valence-corrected chi connectivity index (χ2v) is 8.68. The summed E-state index contributed by atoms with van der Waals surface area (Å²) >= 11 is 0. The van der Waals surface area contributed by atoms with Gasteiger partial charge in [0.25, 0.3) is 0 Å². The van der Waals surface area contributed by atoms with Crippen molar-refractivity contribution in [1.82, 2.24) is 0 Å². The number of cyclic esters (lactones) is 1. The molecule has 1 heterocycles. The lowest BCUT2D eigenvalue weighted by atomic mass is 10.0. The van der Waals surface area contributed by atoms with Gasteiger partial charge in [-0.3, -0.25) is 0 Å². The highest BCUT2D eigenvalue weighted by Gasteiger charge is 2.35. The first-order valence-electron chi connectivity index (χ1n) is 11.9. The van der Waals surface area contributed by atoms with Gasteiger partial charge in [0, 0.05) is 12.0 Å². The number of benzene rings is 3. The number of rotatable bonds is 9. The topological polar surface area (TPSA) is 85.6 Å². The van der Waals surface area contributed by atoms with E-state index >= 15 is 0 Å². The maximum absolute atomic E-state index is 12.6. The van der Waals surface area contributed by atoms with Crippen LogP contribution in [0.5, 0.6) is 11.5 Å². The first-order chi connectivity index (χ1) is 17.5. The Bertz CT molecular complexity index is 1250. The monoisotopic (exact) mass is 481 g/mol. The second kappa shape index (κ2) is 11.4. The fourth-order valence-corrected chi connectivity index (χ4v) is 3.99. The van der Waals surface area contributed by atoms with Crippen LogP contribution in [0.2, 0.25) is 0 Å². The Morgan fingerprint density at radius 3 is 2.19 bits per heavy atom. The van der Waals surface area contributed by atoms with Crippen molar-refractivity contribution in [2.75, 3.05) is 0 Å². The van der Waals surface area contributed by atoms with Gasteiger partial charge < -0.3 is 14.2 Å². The van der Waals surface area contributed by atoms with Gasteiger partial charge in [0.1, 0.15) is 23.7 Å². The van der Waals surface area contributed by atoms with Gasteiger partial charge in [-0.05, 0) is 72.5 Å². The molecule has 36 heavy (non-hydrogen) atoms. The number of carbonyl (C=O) groups excluding carboxylic acids is 2. The molecule has 0 N–H and O–H groups in total. The van der Waals surface area contributed by atoms with Gasteiger partial charge in [0.15, 0.2) is 0 Å². The van der Waals surface area contributed by atoms with Gasteiger partial charge in [-0.15, -0.1) is 0 Å². The van der Waals surface area contributed by atoms with Crippen LogP contribution in [0, 0.1) is 11.3 Å². The number of esters is 2. The number of nitriles is 1. The highest BCUT2D eigenvalue weighted by Crippen LogP contribution is 2.28. The van der Waals surface area contributed by atoms with E-state index in [1.165, 1.54) is 0 Å². The predicted octanol–water partition coefficient (Wildman–Crippen LogP) is 6.25. The first kappa shape index (κ1) is 24.7. The molecule has 6 nitrogen and oxygen atoms in total. The molecule has 1 aliphatic rings. The molecule has 0 saturated carbocycles. The summed E-state index contributed by atoms with van der Waals surface area (Å²) in [7, 11) is 0. The smallest absolute Gasteiger partial charge is 0.343 e. The maximum Gasteiger partial charge on any atom is 0.343 e. The molecule has 0 amide bonds. The molecule has 0 radical (unpaired) electrons. The SMILES string of the molecule is C=C1CC(C(CCCC)Oc2ccc(C(=O)Oc3ccc(-c4ccc(C#N)cc4)cc3)cc2)OC1=O. The Morgan fingerprint density at radius 1 is 1.03 bits per heavy atom. The first-order valence-corrected chi connectivity index (χ1v) is 11.9. The second-order valence-electron chi connectivity index (χ2n) is 8.68. The van der Waals surface area contributed by atoms with E-state index in [1.807, 2.05) is 24.3 Å². The minimum atomic E-state index is -0.476. The Hall–Kier alpha value is -4.37. The molecule has 1 fully saturated rings. The lowest BCUT2D eigenvalue weighted by molar-refractivity contribution is -0.142. The maximum atomic E-state index is 12.6. The van der Waals surface area contributed by atoms with Crippen molar-refractivity contribution in [3.63, 3.8) is 0 Å². The van der Waals surface area contributed by atoms with Gasteiger partial charge in [0.2, 0.25) is 0 Å². The van der Waals surface area contributed by atoms with Crippen molar-refractivity contribution in [2.24, 2.45) is 0 Å². The normalized spacial score (nSPS) is 15.6. The van der Waals surface area contributed by atoms with E-state index in [2.05, 4.69) is 19.6 Å². The number of ether oxygens (including phenoxy) is 3. The van der Waals surface area contributed by atoms with E-state index in [4.69, 9.17) is 19.5 Å². The van der Waals surface area contributed by atoms with Crippen LogP contribution in [0.15, 0.2) is 84.9 Å². The standard InChI is InChI=1S/C30H27NO5/c1-3-4-5-27(28-18-20(2)29(32)36-28)34-25-16-12-24(13-17-25)30(33)35-26-14-10-23(11-15-26)22-8-6-21(19-31)7-9-22/h6-17,27-28H,2-5,18H2,1H3. The molecular formula is C30H27NO5. The highest BCUT2D eigenvalue weighted by molar-refractivity contribution is 5.91. The summed E-state index contributed by atoms with van der Waals surface area (Å²) < 4.78 is 17.1. The number of unbranched alkanes of at least 4 members (excludes halogenated alkanes) is 1. The summed E-state index contributed by atoms with van der Waals surface area (Å²) in [6.07, 6.45) is 2.53. The Morgan fingerprint density at radius 2 is 1.64 bits per heavy atom. The molecule has 182 valence electrons. The third-order valence-corrected chi connectivity index (χ3v) is 6.04. The van der Waals surface area contributed by atoms with E-state index in [1.54, 1.807) is 48.5 Å². The van der Waals surface area contributed by atoms with Crippen molar-refractivity contribution in [3.05, 3.63) is 96.1 Å². The van der Waals surface area contributed by atoms with Gasteiger partial charge in [-0.2, -0.15) is 5.26 Å². The van der Waals surface area contributed by atoms with Crippen LogP contribution in [-0.4, -0.2) is 24.1 Å². The minimum absolute atomic E-state index is 0.277. The van der Waals surface area contributed by atoms with E-state index < -0.39 is 5.97 Å². The summed E-state index contributed by atoms with van der Waals surface area (Å²) in [6.45, 7) is 5.85. The Balaban J connectivity index is 1.37. The van der Waals surface area contributed by atoms with Gasteiger partial charge in [-0.1, -0.05) is 44.2 Å². The van der Waals surface area contributed by atoms with Crippen LogP contribution in [-0.2, 0) is 9.53 Å². The molecule has 3 aromatic rings. The molecule has 2 unspecified atom stereocenters. The average molecular weight is 482 g/mol. The van der Waals surface area contributed by atoms with E-state index in [9.17, 15) is 9.59 Å². The number of nitrogens with zero attached hydrogens (tertiary/aromatic N) is 1. The quantitative estimate of drug-likeness (QED) is 0.204. The highest BCUT2D eigenvalue weighted by atomic mass is 16.6. The molecule has 0 aliphatic carbocycles. The third kappa shape index (κ3) is 6.00. The zero-order chi connectivity index (χ0) is 25.5. The molecule has 0 spiro atoms. The molecule has 3 aromatic carbocycles. The molecule has 0 aromatic heterocycles. The lowest BCUT2D eigenvalue weighted by Crippen LogP contribution is -2.31. The summed E-state index contributed by atoms with van der Waals surface area (Å²) in [4.78, 5) is 24.4. The summed E-state index contributed by atoms with van der Waals surface area (Å²) in [6, 6.07) is 23.3. The lowest BCUT2D eigenvalue weighted by Gasteiger charge is -2.23. The predicted molar refractivity (Wildman–Crippen MR) is 136 cm³/mol. The average Bonchev–Trinajstić information content (AvgIpc) is 3.25. The summed E-state index contributed by atoms with van der Waals surface area (Å²) in [5, 5.41) is 8.94. The van der Waals surface area contributed by atoms with Crippen molar-refractivity contribution in [1.29, 1.82) is 5.26 Å². The molecule has 0 bridgehead atoms. The fourth-order valence-electron chi connectivity index (χ4n) is 3.99. The molecule has 2 atom stereocenters. The van der Waals surface area contributed by atoms with E-state index in [0.717, 1.165) is 30.4 Å². The van der Waals surface area contributed by atoms with Crippen molar-refractivity contribution in [3.8, 4) is 28.7 Å². The molecule has 1 saturated heterocycles. The van der Waals surface area contributed by atoms with Crippen LogP contribution in [0.1, 0.15) is 48.5 Å². The van der Waals surface area contributed by atoms with Crippen LogP contribution in [0.25, 0.3) is 11.1 Å². The molecular weight excluding hydrogens is 454 g/mol. The molecule has 1 aliphatic heterocycles. The minimum Gasteiger partial charge on any atom is -0.487 e. The van der Waals surface area contributed by atoms with Crippen LogP contribution < -0.4 is 9.47 Å². The van der Waals surface area contributed by atoms with Crippen molar-refractivity contribution < 1.29 is 23.8 Å². The van der Waals surface area contributed by atoms with E-state index in [-0.39, 0.29) is 18.2 Å². The number of hydrogen-bond donors (Lipinski definition) is 0. The van der Waals surface area contributed by atoms with E-state index in [0.29, 0.717) is 34.6 Å². The zero-order valence-corrected chi connectivity index (χ0v) is 20.1. The van der Waals surface area contributed by atoms with Crippen molar-refractivity contribution >= 4 is 11.9 Å². The Labute approximate surface area is 210 Å². The third-order valence-electron chi connectivity index (χ3n) is 6.04. The number of carbonyl (C=O) groups is 2. The fraction of sp³-hybridized carbons (Fsp3) is 0.233. The molecule has 6 heteroatoms. The molecule has 4 rings (SSSR count). The van der Waals surface area contributed by atoms with Crippen LogP contribution in [0.4, 0.5) is 0 Å². The van der Waals surface area contributed by atoms with Gasteiger partial charge >= 0.3 is 11.9 Å². The van der Waals surface area contributed by atoms with Crippen LogP contribution in [0.3, 0.4) is 0 Å². The van der Waals surface area contributed by atoms with Crippen molar-refractivity contribution in [2.45, 2.75) is 44.8 Å². The summed E-state index contributed by atoms with van der Waals surface area (Å²) in [5.74, 6) is 0.179. The van der Waals surface area contributed by atoms with Crippen LogP contribution >= 0.6 is 0 Å². The van der Waals surface area contributed by atoms with Gasteiger partial charge in [0.05, 0.1) is 17.2 Å².